The van der Waals surface area contributed by atoms with Crippen molar-refractivity contribution in [1.82, 2.24) is 4.90 Å². The number of carboxylic acids is 1. The fourth-order valence-electron chi connectivity index (χ4n) is 1.59. The number of nitrogens with zero attached hydrogens (tertiary/aromatic N) is 1. The molecule has 0 aliphatic carbocycles. The third kappa shape index (κ3) is 9.82. The number of carboxylic acid groups (broad SMARTS) is 1. The molecule has 1 fully saturated rings. The largest absolute Gasteiger partial charge is 0.481 e. The molecule has 0 saturated carbocycles. The van der Waals surface area contributed by atoms with Crippen LogP contribution in [0.3, 0.4) is 0 Å². The molecular weight excluding hydrogens is 250 g/mol. The van der Waals surface area contributed by atoms with Gasteiger partial charge in [0.1, 0.15) is 6.61 Å². The molecule has 1 aliphatic rings. The highest BCUT2D eigenvalue weighted by atomic mass is 16.5. The number of carbonyl (C=O) groups excluding carboxylic acids is 2. The Balaban J connectivity index is 0.000000711. The number of amides is 1. The zero-order chi connectivity index (χ0) is 14.7. The van der Waals surface area contributed by atoms with Gasteiger partial charge in [0, 0.05) is 26.0 Å². The summed E-state index contributed by atoms with van der Waals surface area (Å²) in [6.45, 7) is 5.93. The molecule has 1 N–H and O–H groups in total. The van der Waals surface area contributed by atoms with E-state index in [9.17, 15) is 9.59 Å². The molecule has 0 radical (unpaired) electrons. The number of esters is 1. The van der Waals surface area contributed by atoms with Gasteiger partial charge in [-0.1, -0.05) is 13.0 Å². The predicted octanol–water partition coefficient (Wildman–Crippen LogP) is 1.21. The summed E-state index contributed by atoms with van der Waals surface area (Å²) < 4.78 is 4.83. The van der Waals surface area contributed by atoms with Crippen LogP contribution in [0.1, 0.15) is 32.6 Å². The Morgan fingerprint density at radius 2 is 2.05 bits per heavy atom. The van der Waals surface area contributed by atoms with Crippen LogP contribution in [-0.4, -0.2) is 47.5 Å². The zero-order valence-electron chi connectivity index (χ0n) is 11.3. The van der Waals surface area contributed by atoms with Crippen molar-refractivity contribution in [2.24, 2.45) is 0 Å². The van der Waals surface area contributed by atoms with E-state index >= 15 is 0 Å². The average Bonchev–Trinajstić information content (AvgIpc) is 2.54. The summed E-state index contributed by atoms with van der Waals surface area (Å²) in [7, 11) is 0. The third-order valence-corrected chi connectivity index (χ3v) is 2.44. The molecule has 0 spiro atoms. The molecule has 0 bridgehead atoms. The van der Waals surface area contributed by atoms with Crippen LogP contribution in [-0.2, 0) is 19.1 Å². The molecule has 0 aromatic rings. The normalized spacial score (nSPS) is 14.8. The van der Waals surface area contributed by atoms with Crippen LogP contribution in [0.25, 0.3) is 0 Å². The summed E-state index contributed by atoms with van der Waals surface area (Å²) in [6.07, 6.45) is 4.87. The Hall–Kier alpha value is -1.85. The second kappa shape index (κ2) is 10.1. The fourth-order valence-corrected chi connectivity index (χ4v) is 1.59. The van der Waals surface area contributed by atoms with E-state index in [0.29, 0.717) is 13.0 Å². The maximum absolute atomic E-state index is 11.5. The lowest BCUT2D eigenvalue weighted by Gasteiger charge is -2.19. The van der Waals surface area contributed by atoms with Gasteiger partial charge in [-0.15, -0.1) is 0 Å². The van der Waals surface area contributed by atoms with Gasteiger partial charge in [0.15, 0.2) is 0 Å². The van der Waals surface area contributed by atoms with Crippen molar-refractivity contribution in [2.45, 2.75) is 32.6 Å². The van der Waals surface area contributed by atoms with Crippen molar-refractivity contribution >= 4 is 17.8 Å². The molecule has 6 nitrogen and oxygen atoms in total. The fraction of sp³-hybridized carbons (Fsp3) is 0.615. The number of likely N-dealkylation sites (tertiary alicyclic amines) is 1. The number of carbonyl (C=O) groups is 3. The maximum atomic E-state index is 11.5. The molecular formula is C13H21NO5. The predicted molar refractivity (Wildman–Crippen MR) is 69.5 cm³/mol. The minimum Gasteiger partial charge on any atom is -0.481 e. The highest BCUT2D eigenvalue weighted by Crippen LogP contribution is 2.10. The molecule has 0 unspecified atom stereocenters. The molecule has 1 amide bonds. The Labute approximate surface area is 113 Å². The van der Waals surface area contributed by atoms with Crippen LogP contribution < -0.4 is 0 Å². The van der Waals surface area contributed by atoms with Gasteiger partial charge in [-0.05, 0) is 12.8 Å². The van der Waals surface area contributed by atoms with Gasteiger partial charge < -0.3 is 14.7 Å². The Morgan fingerprint density at radius 3 is 2.63 bits per heavy atom. The lowest BCUT2D eigenvalue weighted by molar-refractivity contribution is -0.140. The van der Waals surface area contributed by atoms with Crippen LogP contribution in [0, 0.1) is 0 Å². The molecule has 1 aliphatic heterocycles. The summed E-state index contributed by atoms with van der Waals surface area (Å²) in [4.78, 5) is 33.1. The maximum Gasteiger partial charge on any atom is 0.330 e. The van der Waals surface area contributed by atoms with E-state index in [0.717, 1.165) is 38.8 Å². The van der Waals surface area contributed by atoms with Crippen molar-refractivity contribution in [2.75, 3.05) is 19.7 Å². The van der Waals surface area contributed by atoms with Crippen LogP contribution in [0.4, 0.5) is 0 Å². The number of hydrogen-bond donors (Lipinski definition) is 1. The number of aliphatic carboxylic acids is 1. The second-order valence-corrected chi connectivity index (χ2v) is 4.08. The standard InChI is InChI=1S/C11H17NO3.C2H4O2/c1-2-11(14)15-9-8-12-7-5-3-4-6-10(12)13;1-2(3)4/h2H,1,3-9H2;1H3,(H,3,4). The smallest absolute Gasteiger partial charge is 0.330 e. The number of hydrogen-bond acceptors (Lipinski definition) is 4. The Kier molecular flexibility index (Phi) is 9.12. The van der Waals surface area contributed by atoms with Gasteiger partial charge in [-0.3, -0.25) is 9.59 Å². The van der Waals surface area contributed by atoms with E-state index in [2.05, 4.69) is 6.58 Å². The van der Waals surface area contributed by atoms with E-state index in [-0.39, 0.29) is 12.5 Å². The monoisotopic (exact) mass is 271 g/mol. The van der Waals surface area contributed by atoms with E-state index in [1.54, 1.807) is 4.90 Å². The Bertz CT molecular complexity index is 323. The van der Waals surface area contributed by atoms with Gasteiger partial charge in [-0.2, -0.15) is 0 Å². The summed E-state index contributed by atoms with van der Waals surface area (Å²) in [5.41, 5.74) is 0. The van der Waals surface area contributed by atoms with Gasteiger partial charge in [0.2, 0.25) is 5.91 Å². The number of ether oxygens (including phenoxy) is 1. The molecule has 6 heteroatoms. The SMILES string of the molecule is C=CC(=O)OCCN1CCCCCC1=O.CC(=O)O. The second-order valence-electron chi connectivity index (χ2n) is 4.08. The highest BCUT2D eigenvalue weighted by Gasteiger charge is 2.16. The van der Waals surface area contributed by atoms with Crippen LogP contribution in [0.2, 0.25) is 0 Å². The molecule has 0 atom stereocenters. The van der Waals surface area contributed by atoms with Gasteiger partial charge in [-0.25, -0.2) is 4.79 Å². The first kappa shape index (κ1) is 17.2. The van der Waals surface area contributed by atoms with Crippen molar-refractivity contribution in [3.05, 3.63) is 12.7 Å². The topological polar surface area (TPSA) is 83.9 Å². The van der Waals surface area contributed by atoms with Gasteiger partial charge in [0.25, 0.3) is 5.97 Å². The average molecular weight is 271 g/mol. The lowest BCUT2D eigenvalue weighted by Crippen LogP contribution is -2.33. The van der Waals surface area contributed by atoms with Crippen LogP contribution >= 0.6 is 0 Å². The van der Waals surface area contributed by atoms with Crippen molar-refractivity contribution in [3.63, 3.8) is 0 Å². The van der Waals surface area contributed by atoms with E-state index in [4.69, 9.17) is 14.6 Å². The van der Waals surface area contributed by atoms with E-state index in [1.807, 2.05) is 0 Å². The summed E-state index contributed by atoms with van der Waals surface area (Å²) in [5, 5.41) is 7.42. The first-order chi connectivity index (χ1) is 8.97. The summed E-state index contributed by atoms with van der Waals surface area (Å²) in [6, 6.07) is 0. The molecule has 1 saturated heterocycles. The van der Waals surface area contributed by atoms with Crippen LogP contribution in [0.15, 0.2) is 12.7 Å². The first-order valence-electron chi connectivity index (χ1n) is 6.24. The Morgan fingerprint density at radius 1 is 1.42 bits per heavy atom. The van der Waals surface area contributed by atoms with E-state index in [1.165, 1.54) is 0 Å². The number of rotatable bonds is 4. The summed E-state index contributed by atoms with van der Waals surface area (Å²) >= 11 is 0. The lowest BCUT2D eigenvalue weighted by atomic mass is 10.2. The van der Waals surface area contributed by atoms with E-state index < -0.39 is 11.9 Å². The van der Waals surface area contributed by atoms with Crippen molar-refractivity contribution < 1.29 is 24.2 Å². The first-order valence-corrected chi connectivity index (χ1v) is 6.24. The molecule has 108 valence electrons. The van der Waals surface area contributed by atoms with Gasteiger partial charge >= 0.3 is 5.97 Å². The molecule has 19 heavy (non-hydrogen) atoms. The summed E-state index contributed by atoms with van der Waals surface area (Å²) in [5.74, 6) is -1.10. The van der Waals surface area contributed by atoms with Gasteiger partial charge in [0.05, 0.1) is 6.54 Å². The van der Waals surface area contributed by atoms with Crippen molar-refractivity contribution in [1.29, 1.82) is 0 Å². The molecule has 1 heterocycles. The third-order valence-electron chi connectivity index (χ3n) is 2.44. The zero-order valence-corrected chi connectivity index (χ0v) is 11.3. The highest BCUT2D eigenvalue weighted by molar-refractivity contribution is 5.81. The van der Waals surface area contributed by atoms with Crippen molar-refractivity contribution in [3.8, 4) is 0 Å². The van der Waals surface area contributed by atoms with Crippen LogP contribution in [0.5, 0.6) is 0 Å². The quantitative estimate of drug-likeness (QED) is 0.613. The molecule has 1 rings (SSSR count). The minimum absolute atomic E-state index is 0.169. The molecule has 0 aromatic heterocycles. The minimum atomic E-state index is -0.833. The molecule has 0 aromatic carbocycles.